The van der Waals surface area contributed by atoms with Crippen LogP contribution in [0.1, 0.15) is 24.2 Å². The zero-order chi connectivity index (χ0) is 17.7. The Morgan fingerprint density at radius 3 is 2.35 bits per heavy atom. The molecule has 0 aliphatic rings. The lowest BCUT2D eigenvalue weighted by atomic mass is 10.00. The second-order valence-corrected chi connectivity index (χ2v) is 4.94. The Morgan fingerprint density at radius 1 is 1.30 bits per heavy atom. The van der Waals surface area contributed by atoms with E-state index in [9.17, 15) is 18.4 Å². The standard InChI is InChI=1S/C15H15ClF2O5/c1-7-5-10(6-11(16)12(7)23-15(17)18)13(22-9(3)19)8(2)14(20)21-4/h5-6,13,15H,2H2,1,3-4H3. The highest BCUT2D eigenvalue weighted by Crippen LogP contribution is 2.36. The number of rotatable bonds is 6. The zero-order valence-electron chi connectivity index (χ0n) is 12.7. The van der Waals surface area contributed by atoms with Gasteiger partial charge < -0.3 is 14.2 Å². The van der Waals surface area contributed by atoms with E-state index >= 15 is 0 Å². The summed E-state index contributed by atoms with van der Waals surface area (Å²) in [4.78, 5) is 22.9. The third-order valence-electron chi connectivity index (χ3n) is 2.81. The second kappa shape index (κ2) is 7.92. The molecule has 0 aromatic heterocycles. The first-order valence-corrected chi connectivity index (χ1v) is 6.74. The summed E-state index contributed by atoms with van der Waals surface area (Å²) >= 11 is 5.93. The zero-order valence-corrected chi connectivity index (χ0v) is 13.4. The molecule has 1 aromatic rings. The summed E-state index contributed by atoms with van der Waals surface area (Å²) < 4.78 is 38.7. The first-order valence-electron chi connectivity index (χ1n) is 6.36. The molecule has 1 unspecified atom stereocenters. The SMILES string of the molecule is C=C(C(=O)OC)C(OC(C)=O)c1cc(C)c(OC(F)F)c(Cl)c1. The Balaban J connectivity index is 3.29. The highest BCUT2D eigenvalue weighted by Gasteiger charge is 2.26. The van der Waals surface area contributed by atoms with Crippen molar-refractivity contribution in [2.24, 2.45) is 0 Å². The quantitative estimate of drug-likeness (QED) is 0.581. The maximum atomic E-state index is 12.4. The van der Waals surface area contributed by atoms with Crippen LogP contribution in [0, 0.1) is 6.92 Å². The first-order chi connectivity index (χ1) is 10.7. The van der Waals surface area contributed by atoms with Gasteiger partial charge in [-0.1, -0.05) is 18.2 Å². The molecule has 0 N–H and O–H groups in total. The molecule has 0 aliphatic carbocycles. The number of hydrogen-bond donors (Lipinski definition) is 0. The number of carbonyl (C=O) groups is 2. The largest absolute Gasteiger partial charge is 0.466 e. The van der Waals surface area contributed by atoms with Crippen LogP contribution >= 0.6 is 11.6 Å². The molecule has 0 fully saturated rings. The van der Waals surface area contributed by atoms with Gasteiger partial charge >= 0.3 is 18.6 Å². The van der Waals surface area contributed by atoms with Crippen molar-refractivity contribution in [3.63, 3.8) is 0 Å². The van der Waals surface area contributed by atoms with Crippen molar-refractivity contribution in [2.45, 2.75) is 26.6 Å². The van der Waals surface area contributed by atoms with Crippen molar-refractivity contribution in [3.8, 4) is 5.75 Å². The molecule has 1 rings (SSSR count). The van der Waals surface area contributed by atoms with Gasteiger partial charge in [0.1, 0.15) is 5.75 Å². The van der Waals surface area contributed by atoms with Crippen molar-refractivity contribution in [2.75, 3.05) is 7.11 Å². The number of esters is 2. The molecule has 8 heteroatoms. The summed E-state index contributed by atoms with van der Waals surface area (Å²) in [5.41, 5.74) is 0.419. The fraction of sp³-hybridized carbons (Fsp3) is 0.333. The Hall–Kier alpha value is -2.15. The Labute approximate surface area is 136 Å². The van der Waals surface area contributed by atoms with Crippen molar-refractivity contribution in [1.29, 1.82) is 0 Å². The average molecular weight is 349 g/mol. The molecular weight excluding hydrogens is 334 g/mol. The van der Waals surface area contributed by atoms with Crippen LogP contribution in [0.5, 0.6) is 5.75 Å². The summed E-state index contributed by atoms with van der Waals surface area (Å²) in [7, 11) is 1.15. The van der Waals surface area contributed by atoms with Crippen LogP contribution < -0.4 is 4.74 Å². The predicted octanol–water partition coefficient (Wildman–Crippen LogP) is 3.58. The molecule has 1 atom stereocenters. The smallest absolute Gasteiger partial charge is 0.387 e. The fourth-order valence-electron chi connectivity index (χ4n) is 1.89. The highest BCUT2D eigenvalue weighted by atomic mass is 35.5. The summed E-state index contributed by atoms with van der Waals surface area (Å²) in [6.07, 6.45) is -1.16. The van der Waals surface area contributed by atoms with Gasteiger partial charge in [-0.25, -0.2) is 4.79 Å². The fourth-order valence-corrected chi connectivity index (χ4v) is 2.21. The van der Waals surface area contributed by atoms with E-state index in [4.69, 9.17) is 16.3 Å². The molecule has 0 bridgehead atoms. The van der Waals surface area contributed by atoms with Gasteiger partial charge in [-0.2, -0.15) is 8.78 Å². The molecular formula is C15H15ClF2O5. The minimum absolute atomic E-state index is 0.116. The van der Waals surface area contributed by atoms with Crippen LogP contribution in [0.15, 0.2) is 24.3 Å². The van der Waals surface area contributed by atoms with Crippen LogP contribution in [0.2, 0.25) is 5.02 Å². The third-order valence-corrected chi connectivity index (χ3v) is 3.09. The topological polar surface area (TPSA) is 61.8 Å². The van der Waals surface area contributed by atoms with E-state index in [0.717, 1.165) is 14.0 Å². The van der Waals surface area contributed by atoms with Crippen molar-refractivity contribution < 1.29 is 32.6 Å². The van der Waals surface area contributed by atoms with E-state index in [-0.39, 0.29) is 27.5 Å². The number of aryl methyl sites for hydroxylation is 1. The predicted molar refractivity (Wildman–Crippen MR) is 78.5 cm³/mol. The van der Waals surface area contributed by atoms with Gasteiger partial charge in [0.15, 0.2) is 6.10 Å². The summed E-state index contributed by atoms with van der Waals surface area (Å²) in [6.45, 7) is 3.14. The molecule has 0 saturated heterocycles. The molecule has 126 valence electrons. The molecule has 5 nitrogen and oxygen atoms in total. The molecule has 23 heavy (non-hydrogen) atoms. The molecule has 0 heterocycles. The van der Waals surface area contributed by atoms with Crippen LogP contribution in [-0.4, -0.2) is 25.7 Å². The van der Waals surface area contributed by atoms with Gasteiger partial charge in [0, 0.05) is 6.92 Å². The van der Waals surface area contributed by atoms with Gasteiger partial charge in [0.25, 0.3) is 0 Å². The first kappa shape index (κ1) is 18.9. The summed E-state index contributed by atoms with van der Waals surface area (Å²) in [5.74, 6) is -1.64. The van der Waals surface area contributed by atoms with Crippen molar-refractivity contribution in [3.05, 3.63) is 40.4 Å². The number of ether oxygens (including phenoxy) is 3. The number of alkyl halides is 2. The van der Waals surface area contributed by atoms with Crippen LogP contribution in [0.4, 0.5) is 8.78 Å². The van der Waals surface area contributed by atoms with E-state index in [1.807, 2.05) is 0 Å². The van der Waals surface area contributed by atoms with E-state index in [0.29, 0.717) is 0 Å². The van der Waals surface area contributed by atoms with Crippen LogP contribution in [0.3, 0.4) is 0 Å². The molecule has 0 spiro atoms. The van der Waals surface area contributed by atoms with Gasteiger partial charge in [0.2, 0.25) is 0 Å². The third kappa shape index (κ3) is 4.92. The highest BCUT2D eigenvalue weighted by molar-refractivity contribution is 6.32. The summed E-state index contributed by atoms with van der Waals surface area (Å²) in [6, 6.07) is 2.67. The average Bonchev–Trinajstić information content (AvgIpc) is 2.46. The minimum Gasteiger partial charge on any atom is -0.466 e. The number of halogens is 3. The van der Waals surface area contributed by atoms with Crippen LogP contribution in [-0.2, 0) is 19.1 Å². The Morgan fingerprint density at radius 2 is 1.91 bits per heavy atom. The van der Waals surface area contributed by atoms with Crippen molar-refractivity contribution >= 4 is 23.5 Å². The monoisotopic (exact) mass is 348 g/mol. The van der Waals surface area contributed by atoms with Gasteiger partial charge in [-0.05, 0) is 30.2 Å². The number of carbonyl (C=O) groups excluding carboxylic acids is 2. The number of benzene rings is 1. The molecule has 0 amide bonds. The number of methoxy groups -OCH3 is 1. The van der Waals surface area contributed by atoms with Crippen LogP contribution in [0.25, 0.3) is 0 Å². The van der Waals surface area contributed by atoms with E-state index < -0.39 is 24.7 Å². The summed E-state index contributed by atoms with van der Waals surface area (Å²) in [5, 5.41) is -0.116. The molecule has 1 aromatic carbocycles. The maximum Gasteiger partial charge on any atom is 0.387 e. The van der Waals surface area contributed by atoms with E-state index in [1.165, 1.54) is 19.1 Å². The van der Waals surface area contributed by atoms with E-state index in [1.54, 1.807) is 0 Å². The lowest BCUT2D eigenvalue weighted by Crippen LogP contribution is -2.17. The van der Waals surface area contributed by atoms with Gasteiger partial charge in [-0.15, -0.1) is 0 Å². The maximum absolute atomic E-state index is 12.4. The molecule has 0 radical (unpaired) electrons. The number of hydrogen-bond acceptors (Lipinski definition) is 5. The molecule has 0 aliphatic heterocycles. The minimum atomic E-state index is -3.04. The van der Waals surface area contributed by atoms with Gasteiger partial charge in [0.05, 0.1) is 17.7 Å². The second-order valence-electron chi connectivity index (χ2n) is 4.53. The Bertz CT molecular complexity index is 607. The van der Waals surface area contributed by atoms with Crippen molar-refractivity contribution in [1.82, 2.24) is 0 Å². The lowest BCUT2D eigenvalue weighted by Gasteiger charge is -2.20. The normalized spacial score (nSPS) is 11.8. The Kier molecular flexibility index (Phi) is 6.50. The van der Waals surface area contributed by atoms with E-state index in [2.05, 4.69) is 16.1 Å². The molecule has 0 saturated carbocycles. The lowest BCUT2D eigenvalue weighted by molar-refractivity contribution is -0.147. The van der Waals surface area contributed by atoms with Gasteiger partial charge in [-0.3, -0.25) is 4.79 Å².